The number of nitrogens with two attached hydrogens (primary N) is 1. The van der Waals surface area contributed by atoms with Gasteiger partial charge in [0.1, 0.15) is 10.0 Å². The lowest BCUT2D eigenvalue weighted by Gasteiger charge is -2.00. The molecule has 1 aromatic carbocycles. The summed E-state index contributed by atoms with van der Waals surface area (Å²) in [6, 6.07) is 10.5. The van der Waals surface area contributed by atoms with Crippen LogP contribution in [0.4, 0.5) is 0 Å². The van der Waals surface area contributed by atoms with E-state index in [-0.39, 0.29) is 6.04 Å². The van der Waals surface area contributed by atoms with Gasteiger partial charge in [-0.25, -0.2) is 0 Å². The average Bonchev–Trinajstić information content (AvgIpc) is 2.85. The molecule has 0 amide bonds. The molecule has 0 fully saturated rings. The van der Waals surface area contributed by atoms with Crippen molar-refractivity contribution in [3.05, 3.63) is 45.9 Å². The van der Waals surface area contributed by atoms with Crippen molar-refractivity contribution >= 4 is 11.3 Å². The van der Waals surface area contributed by atoms with Crippen LogP contribution in [0, 0.1) is 0 Å². The van der Waals surface area contributed by atoms with Gasteiger partial charge < -0.3 is 5.73 Å². The van der Waals surface area contributed by atoms with Crippen molar-refractivity contribution in [3.63, 3.8) is 0 Å². The second kappa shape index (κ2) is 5.89. The Hall–Kier alpha value is -1.26. The average molecular weight is 247 g/mol. The Balaban J connectivity index is 1.94. The molecule has 2 aromatic rings. The molecule has 0 aliphatic rings. The molecule has 0 aliphatic carbocycles. The third-order valence-electron chi connectivity index (χ3n) is 2.71. The van der Waals surface area contributed by atoms with E-state index in [1.54, 1.807) is 11.3 Å². The van der Waals surface area contributed by atoms with Crippen LogP contribution in [0.5, 0.6) is 0 Å². The first-order valence-electron chi connectivity index (χ1n) is 5.91. The summed E-state index contributed by atoms with van der Waals surface area (Å²) in [6.07, 6.45) is 2.86. The van der Waals surface area contributed by atoms with E-state index in [9.17, 15) is 0 Å². The lowest BCUT2D eigenvalue weighted by Crippen LogP contribution is -2.07. The van der Waals surface area contributed by atoms with Gasteiger partial charge in [-0.3, -0.25) is 0 Å². The van der Waals surface area contributed by atoms with Crippen molar-refractivity contribution in [3.8, 4) is 0 Å². The van der Waals surface area contributed by atoms with Gasteiger partial charge in [-0.1, -0.05) is 48.6 Å². The molecule has 3 nitrogen and oxygen atoms in total. The molecule has 2 N–H and O–H groups in total. The molecule has 0 radical (unpaired) electrons. The van der Waals surface area contributed by atoms with Gasteiger partial charge in [0.15, 0.2) is 0 Å². The highest BCUT2D eigenvalue weighted by molar-refractivity contribution is 7.11. The monoisotopic (exact) mass is 247 g/mol. The first-order valence-corrected chi connectivity index (χ1v) is 6.73. The quantitative estimate of drug-likeness (QED) is 0.884. The third-order valence-corrected chi connectivity index (χ3v) is 3.82. The summed E-state index contributed by atoms with van der Waals surface area (Å²) in [7, 11) is 0. The second-order valence-electron chi connectivity index (χ2n) is 4.03. The number of aryl methyl sites for hydroxylation is 2. The summed E-state index contributed by atoms with van der Waals surface area (Å²) in [6.45, 7) is 2.07. The van der Waals surface area contributed by atoms with Gasteiger partial charge in [0.05, 0.1) is 6.04 Å². The maximum absolute atomic E-state index is 5.92. The van der Waals surface area contributed by atoms with Crippen LogP contribution in [-0.4, -0.2) is 10.2 Å². The highest BCUT2D eigenvalue weighted by Crippen LogP contribution is 2.19. The topological polar surface area (TPSA) is 51.8 Å². The Morgan fingerprint density at radius 3 is 2.65 bits per heavy atom. The molecule has 0 aliphatic heterocycles. The summed E-state index contributed by atoms with van der Waals surface area (Å²) in [5, 5.41) is 10.4. The van der Waals surface area contributed by atoms with Crippen LogP contribution < -0.4 is 5.73 Å². The minimum absolute atomic E-state index is 0.0398. The lowest BCUT2D eigenvalue weighted by atomic mass is 10.1. The van der Waals surface area contributed by atoms with E-state index in [4.69, 9.17) is 5.73 Å². The van der Waals surface area contributed by atoms with Crippen molar-refractivity contribution in [2.45, 2.75) is 32.2 Å². The minimum Gasteiger partial charge on any atom is -0.322 e. The maximum atomic E-state index is 5.92. The zero-order chi connectivity index (χ0) is 12.1. The van der Waals surface area contributed by atoms with Gasteiger partial charge in [0.25, 0.3) is 0 Å². The maximum Gasteiger partial charge on any atom is 0.134 e. The van der Waals surface area contributed by atoms with Gasteiger partial charge >= 0.3 is 0 Å². The second-order valence-corrected chi connectivity index (χ2v) is 5.13. The molecule has 90 valence electrons. The molecule has 17 heavy (non-hydrogen) atoms. The largest absolute Gasteiger partial charge is 0.322 e. The van der Waals surface area contributed by atoms with Gasteiger partial charge in [-0.2, -0.15) is 0 Å². The molecule has 0 spiro atoms. The van der Waals surface area contributed by atoms with E-state index in [1.165, 1.54) is 5.56 Å². The predicted octanol–water partition coefficient (Wildman–Crippen LogP) is 2.73. The molecule has 2 rings (SSSR count). The molecule has 1 aromatic heterocycles. The van der Waals surface area contributed by atoms with Crippen LogP contribution in [0.1, 0.15) is 35.0 Å². The fourth-order valence-electron chi connectivity index (χ4n) is 1.59. The van der Waals surface area contributed by atoms with Crippen molar-refractivity contribution < 1.29 is 0 Å². The number of nitrogens with zero attached hydrogens (tertiary/aromatic N) is 2. The van der Waals surface area contributed by atoms with Gasteiger partial charge in [0.2, 0.25) is 0 Å². The zero-order valence-electron chi connectivity index (χ0n) is 9.97. The first-order chi connectivity index (χ1) is 8.29. The number of hydrogen-bond acceptors (Lipinski definition) is 4. The summed E-state index contributed by atoms with van der Waals surface area (Å²) in [5.74, 6) is 0. The summed E-state index contributed by atoms with van der Waals surface area (Å²) in [5.41, 5.74) is 7.26. The highest BCUT2D eigenvalue weighted by atomic mass is 32.1. The van der Waals surface area contributed by atoms with Gasteiger partial charge in [-0.05, 0) is 18.4 Å². The smallest absolute Gasteiger partial charge is 0.134 e. The van der Waals surface area contributed by atoms with Crippen LogP contribution in [0.3, 0.4) is 0 Å². The molecular formula is C13H17N3S. The third kappa shape index (κ3) is 3.35. The fourth-order valence-corrected chi connectivity index (χ4v) is 2.51. The molecule has 0 saturated heterocycles. The Bertz CT molecular complexity index is 453. The van der Waals surface area contributed by atoms with E-state index in [1.807, 2.05) is 6.07 Å². The van der Waals surface area contributed by atoms with E-state index in [0.29, 0.717) is 0 Å². The Labute approximate surface area is 106 Å². The highest BCUT2D eigenvalue weighted by Gasteiger charge is 2.10. The van der Waals surface area contributed by atoms with Crippen LogP contribution in [0.2, 0.25) is 0 Å². The molecule has 1 unspecified atom stereocenters. The van der Waals surface area contributed by atoms with Gasteiger partial charge in [0, 0.05) is 6.42 Å². The number of benzene rings is 1. The number of rotatable bonds is 5. The van der Waals surface area contributed by atoms with Gasteiger partial charge in [-0.15, -0.1) is 10.2 Å². The van der Waals surface area contributed by atoms with Crippen molar-refractivity contribution in [1.29, 1.82) is 0 Å². The summed E-state index contributed by atoms with van der Waals surface area (Å²) < 4.78 is 0. The Kier molecular flexibility index (Phi) is 4.23. The van der Waals surface area contributed by atoms with Crippen molar-refractivity contribution in [1.82, 2.24) is 10.2 Å². The summed E-state index contributed by atoms with van der Waals surface area (Å²) in [4.78, 5) is 0. The van der Waals surface area contributed by atoms with Crippen LogP contribution in [-0.2, 0) is 12.8 Å². The lowest BCUT2D eigenvalue weighted by molar-refractivity contribution is 0.681. The minimum atomic E-state index is 0.0398. The van der Waals surface area contributed by atoms with Crippen LogP contribution in [0.15, 0.2) is 30.3 Å². The van der Waals surface area contributed by atoms with Crippen LogP contribution >= 0.6 is 11.3 Å². The van der Waals surface area contributed by atoms with E-state index < -0.39 is 0 Å². The SMILES string of the molecule is CCC(N)c1nnc(CCc2ccccc2)s1. The Morgan fingerprint density at radius 2 is 1.94 bits per heavy atom. The molecule has 0 bridgehead atoms. The van der Waals surface area contributed by atoms with E-state index >= 15 is 0 Å². The summed E-state index contributed by atoms with van der Waals surface area (Å²) >= 11 is 1.64. The fraction of sp³-hybridized carbons (Fsp3) is 0.385. The molecule has 1 heterocycles. The van der Waals surface area contributed by atoms with Crippen molar-refractivity contribution in [2.24, 2.45) is 5.73 Å². The van der Waals surface area contributed by atoms with Crippen molar-refractivity contribution in [2.75, 3.05) is 0 Å². The van der Waals surface area contributed by atoms with Crippen LogP contribution in [0.25, 0.3) is 0 Å². The number of hydrogen-bond donors (Lipinski definition) is 1. The van der Waals surface area contributed by atoms with E-state index in [0.717, 1.165) is 29.3 Å². The molecular weight excluding hydrogens is 230 g/mol. The standard InChI is InChI=1S/C13H17N3S/c1-2-11(14)13-16-15-12(17-13)9-8-10-6-4-3-5-7-10/h3-7,11H,2,8-9,14H2,1H3. The van der Waals surface area contributed by atoms with E-state index in [2.05, 4.69) is 41.4 Å². The normalized spacial score (nSPS) is 12.6. The molecule has 1 atom stereocenters. The zero-order valence-corrected chi connectivity index (χ0v) is 10.8. The first kappa shape index (κ1) is 12.2. The number of aromatic nitrogens is 2. The molecule has 0 saturated carbocycles. The molecule has 4 heteroatoms. The predicted molar refractivity (Wildman–Crippen MR) is 71.0 cm³/mol. The Morgan fingerprint density at radius 1 is 1.18 bits per heavy atom.